The molecule has 0 amide bonds. The molecular weight excluding hydrogens is 236 g/mol. The van der Waals surface area contributed by atoms with Gasteiger partial charge in [0.05, 0.1) is 7.11 Å². The molecule has 0 radical (unpaired) electrons. The number of rotatable bonds is 4. The molecule has 2 aromatic rings. The lowest BCUT2D eigenvalue weighted by Gasteiger charge is -2.12. The highest BCUT2D eigenvalue weighted by Gasteiger charge is 2.14. The number of methoxy groups -OCH3 is 1. The van der Waals surface area contributed by atoms with Crippen LogP contribution in [0.15, 0.2) is 23.6 Å². The van der Waals surface area contributed by atoms with Gasteiger partial charge in [0.1, 0.15) is 17.5 Å². The van der Waals surface area contributed by atoms with Gasteiger partial charge in [0, 0.05) is 11.8 Å². The number of ether oxygens (including phenoxy) is 1. The molecule has 1 atom stereocenters. The Bertz CT molecular complexity index is 485. The fraction of sp³-hybridized carbons (Fsp3) is 0.333. The fourth-order valence-electron chi connectivity index (χ4n) is 1.70. The van der Waals surface area contributed by atoms with E-state index in [1.807, 2.05) is 25.1 Å². The minimum atomic E-state index is -0.635. The summed E-state index contributed by atoms with van der Waals surface area (Å²) in [5.74, 6) is 0.790. The molecule has 0 aliphatic rings. The highest BCUT2D eigenvalue weighted by atomic mass is 32.1. The van der Waals surface area contributed by atoms with Crippen LogP contribution in [0.3, 0.4) is 0 Å². The zero-order valence-electron chi connectivity index (χ0n) is 9.75. The molecule has 0 saturated heterocycles. The summed E-state index contributed by atoms with van der Waals surface area (Å²) in [5.41, 5.74) is 2.73. The van der Waals surface area contributed by atoms with Gasteiger partial charge in [0.25, 0.3) is 0 Å². The van der Waals surface area contributed by atoms with Crippen molar-refractivity contribution in [3.05, 3.63) is 40.4 Å². The van der Waals surface area contributed by atoms with Crippen LogP contribution in [-0.2, 0) is 6.42 Å². The monoisotopic (exact) mass is 250 g/mol. The highest BCUT2D eigenvalue weighted by Crippen LogP contribution is 2.25. The molecule has 0 aliphatic carbocycles. The van der Waals surface area contributed by atoms with Crippen LogP contribution >= 0.6 is 11.5 Å². The number of aromatic nitrogens is 2. The highest BCUT2D eigenvalue weighted by molar-refractivity contribution is 7.03. The van der Waals surface area contributed by atoms with Gasteiger partial charge in [-0.2, -0.15) is 0 Å². The van der Waals surface area contributed by atoms with Crippen LogP contribution < -0.4 is 4.74 Å². The van der Waals surface area contributed by atoms with Gasteiger partial charge in [-0.1, -0.05) is 22.2 Å². The van der Waals surface area contributed by atoms with Gasteiger partial charge >= 0.3 is 0 Å². The Morgan fingerprint density at radius 3 is 2.94 bits per heavy atom. The number of hydrogen-bond donors (Lipinski definition) is 1. The average molecular weight is 250 g/mol. The van der Waals surface area contributed by atoms with Crippen LogP contribution in [0, 0.1) is 6.92 Å². The topological polar surface area (TPSA) is 55.2 Å². The third-order valence-electron chi connectivity index (χ3n) is 2.57. The lowest BCUT2D eigenvalue weighted by Crippen LogP contribution is -2.04. The minimum absolute atomic E-state index is 0.482. The first-order chi connectivity index (χ1) is 8.20. The van der Waals surface area contributed by atoms with Gasteiger partial charge in [-0.15, -0.1) is 5.10 Å². The first kappa shape index (κ1) is 12.0. The third-order valence-corrected chi connectivity index (χ3v) is 3.09. The second kappa shape index (κ2) is 5.25. The Labute approximate surface area is 104 Å². The fourth-order valence-corrected chi connectivity index (χ4v) is 2.20. The maximum Gasteiger partial charge on any atom is 0.122 e. The minimum Gasteiger partial charge on any atom is -0.496 e. The average Bonchev–Trinajstić information content (AvgIpc) is 2.83. The Morgan fingerprint density at radius 2 is 2.29 bits per heavy atom. The summed E-state index contributed by atoms with van der Waals surface area (Å²) in [5, 5.41) is 15.6. The second-order valence-corrected chi connectivity index (χ2v) is 4.47. The van der Waals surface area contributed by atoms with Gasteiger partial charge in [-0.25, -0.2) is 0 Å². The molecule has 1 N–H and O–H groups in total. The van der Waals surface area contributed by atoms with Crippen molar-refractivity contribution in [2.24, 2.45) is 0 Å². The van der Waals surface area contributed by atoms with Crippen molar-refractivity contribution in [3.8, 4) is 5.75 Å². The molecular formula is C12H14N2O2S. The zero-order chi connectivity index (χ0) is 12.3. The van der Waals surface area contributed by atoms with E-state index in [0.29, 0.717) is 12.1 Å². The number of nitrogens with zero attached hydrogens (tertiary/aromatic N) is 2. The van der Waals surface area contributed by atoms with Crippen molar-refractivity contribution in [1.29, 1.82) is 0 Å². The SMILES string of the molecule is COc1ccc(C)cc1CC(O)c1csnn1. The van der Waals surface area contributed by atoms with Crippen molar-refractivity contribution in [2.45, 2.75) is 19.4 Å². The summed E-state index contributed by atoms with van der Waals surface area (Å²) in [6, 6.07) is 5.91. The molecule has 4 nitrogen and oxygen atoms in total. The van der Waals surface area contributed by atoms with E-state index in [9.17, 15) is 5.11 Å². The largest absolute Gasteiger partial charge is 0.496 e. The number of aryl methyl sites for hydroxylation is 1. The molecule has 1 heterocycles. The lowest BCUT2D eigenvalue weighted by atomic mass is 10.0. The smallest absolute Gasteiger partial charge is 0.122 e. The molecule has 0 saturated carbocycles. The number of aliphatic hydroxyl groups excluding tert-OH is 1. The first-order valence-corrected chi connectivity index (χ1v) is 6.13. The summed E-state index contributed by atoms with van der Waals surface area (Å²) in [7, 11) is 1.63. The van der Waals surface area contributed by atoms with E-state index >= 15 is 0 Å². The molecule has 90 valence electrons. The van der Waals surface area contributed by atoms with E-state index in [0.717, 1.165) is 16.9 Å². The maximum atomic E-state index is 10.0. The molecule has 1 aromatic carbocycles. The maximum absolute atomic E-state index is 10.0. The van der Waals surface area contributed by atoms with Crippen molar-refractivity contribution in [3.63, 3.8) is 0 Å². The standard InChI is InChI=1S/C12H14N2O2S/c1-8-3-4-12(16-2)9(5-8)6-11(15)10-7-17-14-13-10/h3-5,7,11,15H,6H2,1-2H3. The Morgan fingerprint density at radius 1 is 1.47 bits per heavy atom. The van der Waals surface area contributed by atoms with Crippen molar-refractivity contribution in [2.75, 3.05) is 7.11 Å². The van der Waals surface area contributed by atoms with Gasteiger partial charge in [-0.3, -0.25) is 0 Å². The Balaban J connectivity index is 2.20. The molecule has 5 heteroatoms. The van der Waals surface area contributed by atoms with Crippen LogP contribution in [-0.4, -0.2) is 21.8 Å². The van der Waals surface area contributed by atoms with Crippen LogP contribution in [0.5, 0.6) is 5.75 Å². The first-order valence-electron chi connectivity index (χ1n) is 5.29. The van der Waals surface area contributed by atoms with Crippen LogP contribution in [0.4, 0.5) is 0 Å². The molecule has 0 fully saturated rings. The molecule has 1 aromatic heterocycles. The molecule has 2 rings (SSSR count). The predicted octanol–water partition coefficient (Wildman–Crippen LogP) is 2.13. The van der Waals surface area contributed by atoms with Crippen molar-refractivity contribution >= 4 is 11.5 Å². The van der Waals surface area contributed by atoms with E-state index in [1.165, 1.54) is 11.5 Å². The molecule has 0 aliphatic heterocycles. The summed E-state index contributed by atoms with van der Waals surface area (Å²) >= 11 is 1.24. The summed E-state index contributed by atoms with van der Waals surface area (Å²) in [6.07, 6.45) is -0.152. The number of benzene rings is 1. The summed E-state index contributed by atoms with van der Waals surface area (Å²) < 4.78 is 9.02. The van der Waals surface area contributed by atoms with Crippen LogP contribution in [0.2, 0.25) is 0 Å². The van der Waals surface area contributed by atoms with Gasteiger partial charge in [0.15, 0.2) is 0 Å². The number of hydrogen-bond acceptors (Lipinski definition) is 5. The van der Waals surface area contributed by atoms with Crippen molar-refractivity contribution in [1.82, 2.24) is 9.59 Å². The zero-order valence-corrected chi connectivity index (χ0v) is 10.6. The normalized spacial score (nSPS) is 12.4. The van der Waals surface area contributed by atoms with E-state index in [1.54, 1.807) is 12.5 Å². The quantitative estimate of drug-likeness (QED) is 0.903. The predicted molar refractivity (Wildman–Crippen MR) is 66.3 cm³/mol. The Hall–Kier alpha value is -1.46. The summed E-state index contributed by atoms with van der Waals surface area (Å²) in [4.78, 5) is 0. The molecule has 0 bridgehead atoms. The number of aliphatic hydroxyl groups is 1. The molecule has 0 spiro atoms. The van der Waals surface area contributed by atoms with Crippen LogP contribution in [0.25, 0.3) is 0 Å². The van der Waals surface area contributed by atoms with Gasteiger partial charge in [-0.05, 0) is 30.1 Å². The molecule has 17 heavy (non-hydrogen) atoms. The van der Waals surface area contributed by atoms with E-state index in [-0.39, 0.29) is 0 Å². The van der Waals surface area contributed by atoms with Crippen LogP contribution in [0.1, 0.15) is 22.9 Å². The Kier molecular flexibility index (Phi) is 3.71. The second-order valence-electron chi connectivity index (χ2n) is 3.86. The summed E-state index contributed by atoms with van der Waals surface area (Å²) in [6.45, 7) is 2.01. The van der Waals surface area contributed by atoms with E-state index in [4.69, 9.17) is 4.74 Å². The van der Waals surface area contributed by atoms with Gasteiger partial charge < -0.3 is 9.84 Å². The van der Waals surface area contributed by atoms with E-state index < -0.39 is 6.10 Å². The lowest BCUT2D eigenvalue weighted by molar-refractivity contribution is 0.172. The van der Waals surface area contributed by atoms with E-state index in [2.05, 4.69) is 9.59 Å². The third kappa shape index (κ3) is 2.81. The van der Waals surface area contributed by atoms with Gasteiger partial charge in [0.2, 0.25) is 0 Å². The molecule has 1 unspecified atom stereocenters. The van der Waals surface area contributed by atoms with Crippen molar-refractivity contribution < 1.29 is 9.84 Å².